The first kappa shape index (κ1) is 12.2. The summed E-state index contributed by atoms with van der Waals surface area (Å²) in [5.74, 6) is -3.69. The van der Waals surface area contributed by atoms with E-state index in [9.17, 15) is 13.2 Å². The van der Waals surface area contributed by atoms with E-state index in [1.807, 2.05) is 0 Å². The molecule has 0 aliphatic heterocycles. The van der Waals surface area contributed by atoms with Crippen molar-refractivity contribution in [3.63, 3.8) is 0 Å². The maximum Gasteiger partial charge on any atom is 0.194 e. The summed E-state index contributed by atoms with van der Waals surface area (Å²) in [5, 5.41) is 3.01. The van der Waals surface area contributed by atoms with Crippen LogP contribution in [-0.4, -0.2) is 7.05 Å². The van der Waals surface area contributed by atoms with Gasteiger partial charge in [-0.25, -0.2) is 13.2 Å². The smallest absolute Gasteiger partial charge is 0.194 e. The predicted molar refractivity (Wildman–Crippen MR) is 60.1 cm³/mol. The van der Waals surface area contributed by atoms with E-state index in [0.29, 0.717) is 5.56 Å². The number of nitrogens with one attached hydrogen (secondary N) is 1. The highest BCUT2D eigenvalue weighted by Gasteiger charge is 2.20. The Morgan fingerprint density at radius 1 is 1.18 bits per heavy atom. The Morgan fingerprint density at radius 2 is 1.82 bits per heavy atom. The van der Waals surface area contributed by atoms with Crippen molar-refractivity contribution in [1.29, 1.82) is 0 Å². The zero-order valence-electron chi connectivity index (χ0n) is 9.56. The van der Waals surface area contributed by atoms with Gasteiger partial charge in [0, 0.05) is 0 Å². The van der Waals surface area contributed by atoms with Crippen LogP contribution in [0.3, 0.4) is 0 Å². The van der Waals surface area contributed by atoms with Crippen molar-refractivity contribution in [2.45, 2.75) is 25.3 Å². The summed E-state index contributed by atoms with van der Waals surface area (Å²) in [5.41, 5.74) is 1.54. The summed E-state index contributed by atoms with van der Waals surface area (Å²) in [7, 11) is 1.73. The van der Waals surface area contributed by atoms with Gasteiger partial charge in [-0.2, -0.15) is 0 Å². The number of rotatable bonds is 3. The summed E-state index contributed by atoms with van der Waals surface area (Å²) in [6.07, 6.45) is 5.02. The monoisotopic (exact) mass is 241 g/mol. The van der Waals surface area contributed by atoms with E-state index < -0.39 is 17.5 Å². The normalized spacial score (nSPS) is 17.1. The summed E-state index contributed by atoms with van der Waals surface area (Å²) in [4.78, 5) is 0. The van der Waals surface area contributed by atoms with Gasteiger partial charge in [-0.3, -0.25) is 0 Å². The van der Waals surface area contributed by atoms with Gasteiger partial charge in [-0.1, -0.05) is 11.6 Å². The third-order valence-corrected chi connectivity index (χ3v) is 3.08. The second-order valence-corrected chi connectivity index (χ2v) is 4.19. The van der Waals surface area contributed by atoms with E-state index in [1.165, 1.54) is 0 Å². The van der Waals surface area contributed by atoms with E-state index in [-0.39, 0.29) is 6.04 Å². The molecule has 2 rings (SSSR count). The van der Waals surface area contributed by atoms with Gasteiger partial charge in [0.05, 0.1) is 6.04 Å². The van der Waals surface area contributed by atoms with Gasteiger partial charge in [0.1, 0.15) is 0 Å². The molecule has 0 spiro atoms. The molecule has 1 aromatic carbocycles. The fourth-order valence-corrected chi connectivity index (χ4v) is 2.27. The minimum Gasteiger partial charge on any atom is -0.310 e. The zero-order valence-corrected chi connectivity index (χ0v) is 9.56. The van der Waals surface area contributed by atoms with Crippen molar-refractivity contribution in [3.05, 3.63) is 46.8 Å². The summed E-state index contributed by atoms with van der Waals surface area (Å²) < 4.78 is 39.2. The molecule has 17 heavy (non-hydrogen) atoms. The van der Waals surface area contributed by atoms with Crippen molar-refractivity contribution in [1.82, 2.24) is 5.32 Å². The Balaban J connectivity index is 2.37. The lowest BCUT2D eigenvalue weighted by Gasteiger charge is -2.18. The third-order valence-electron chi connectivity index (χ3n) is 3.08. The molecule has 0 saturated carbocycles. The highest BCUT2D eigenvalue weighted by Crippen LogP contribution is 2.31. The molecule has 0 bridgehead atoms. The van der Waals surface area contributed by atoms with Crippen LogP contribution in [0.1, 0.15) is 30.9 Å². The van der Waals surface area contributed by atoms with Gasteiger partial charge in [-0.15, -0.1) is 0 Å². The first-order valence-electron chi connectivity index (χ1n) is 5.64. The van der Waals surface area contributed by atoms with E-state index in [2.05, 4.69) is 11.4 Å². The van der Waals surface area contributed by atoms with Crippen LogP contribution in [0.5, 0.6) is 0 Å². The summed E-state index contributed by atoms with van der Waals surface area (Å²) >= 11 is 0. The summed E-state index contributed by atoms with van der Waals surface area (Å²) in [6, 6.07) is 1.87. The van der Waals surface area contributed by atoms with Crippen LogP contribution in [-0.2, 0) is 0 Å². The molecule has 1 nitrogen and oxygen atoms in total. The number of likely N-dealkylation sites (N-methyl/N-ethyl adjacent to an activating group) is 1. The van der Waals surface area contributed by atoms with E-state index in [1.54, 1.807) is 7.05 Å². The van der Waals surface area contributed by atoms with E-state index in [0.717, 1.165) is 37.0 Å². The van der Waals surface area contributed by atoms with E-state index >= 15 is 0 Å². The maximum atomic E-state index is 13.2. The lowest BCUT2D eigenvalue weighted by atomic mass is 9.98. The van der Waals surface area contributed by atoms with Gasteiger partial charge < -0.3 is 5.32 Å². The van der Waals surface area contributed by atoms with Gasteiger partial charge in [0.2, 0.25) is 0 Å². The highest BCUT2D eigenvalue weighted by atomic mass is 19.2. The number of hydrogen-bond acceptors (Lipinski definition) is 1. The summed E-state index contributed by atoms with van der Waals surface area (Å²) in [6.45, 7) is 0. The standard InChI is InChI=1S/C13H14F3N/c1-17-13(8-4-2-3-5-8)9-6-10(14)12(16)11(15)7-9/h4,6-7,13,17H,2-3,5H2,1H3. The Bertz CT molecular complexity index is 431. The number of hydrogen-bond donors (Lipinski definition) is 1. The molecule has 92 valence electrons. The van der Waals surface area contributed by atoms with Crippen LogP contribution >= 0.6 is 0 Å². The molecule has 1 aliphatic rings. The first-order chi connectivity index (χ1) is 8.13. The Kier molecular flexibility index (Phi) is 3.52. The fourth-order valence-electron chi connectivity index (χ4n) is 2.27. The quantitative estimate of drug-likeness (QED) is 0.631. The maximum absolute atomic E-state index is 13.2. The van der Waals surface area contributed by atoms with Gasteiger partial charge in [0.25, 0.3) is 0 Å². The molecule has 1 aromatic rings. The number of benzene rings is 1. The molecular weight excluding hydrogens is 227 g/mol. The van der Waals surface area contributed by atoms with Gasteiger partial charge in [-0.05, 0) is 44.0 Å². The average Bonchev–Trinajstić information content (AvgIpc) is 2.80. The lowest BCUT2D eigenvalue weighted by molar-refractivity contribution is 0.443. The molecule has 1 unspecified atom stereocenters. The largest absolute Gasteiger partial charge is 0.310 e. The highest BCUT2D eigenvalue weighted by molar-refractivity contribution is 5.31. The Hall–Kier alpha value is -1.29. The van der Waals surface area contributed by atoms with Crippen LogP contribution in [0.25, 0.3) is 0 Å². The molecule has 0 saturated heterocycles. The molecule has 0 radical (unpaired) electrons. The minimum atomic E-state index is -1.41. The van der Waals surface area contributed by atoms with Crippen molar-refractivity contribution in [3.8, 4) is 0 Å². The first-order valence-corrected chi connectivity index (χ1v) is 5.64. The Labute approximate surface area is 98.3 Å². The molecule has 4 heteroatoms. The van der Waals surface area contributed by atoms with Crippen molar-refractivity contribution in [2.24, 2.45) is 0 Å². The van der Waals surface area contributed by atoms with Crippen molar-refractivity contribution >= 4 is 0 Å². The predicted octanol–water partition coefficient (Wildman–Crippen LogP) is 3.47. The molecule has 0 amide bonds. The molecule has 1 N–H and O–H groups in total. The fraction of sp³-hybridized carbons (Fsp3) is 0.385. The molecule has 1 aliphatic carbocycles. The van der Waals surface area contributed by atoms with Crippen LogP contribution in [0.2, 0.25) is 0 Å². The average molecular weight is 241 g/mol. The molecule has 0 heterocycles. The molecule has 0 aromatic heterocycles. The second-order valence-electron chi connectivity index (χ2n) is 4.19. The van der Waals surface area contributed by atoms with Gasteiger partial charge >= 0.3 is 0 Å². The van der Waals surface area contributed by atoms with Crippen LogP contribution in [0, 0.1) is 17.5 Å². The zero-order chi connectivity index (χ0) is 12.4. The molecule has 0 fully saturated rings. The Morgan fingerprint density at radius 3 is 2.29 bits per heavy atom. The second kappa shape index (κ2) is 4.92. The number of allylic oxidation sites excluding steroid dienone is 1. The molecular formula is C13H14F3N. The minimum absolute atomic E-state index is 0.234. The van der Waals surface area contributed by atoms with E-state index in [4.69, 9.17) is 0 Å². The van der Waals surface area contributed by atoms with Crippen LogP contribution in [0.15, 0.2) is 23.8 Å². The SMILES string of the molecule is CNC(C1=CCCC1)c1cc(F)c(F)c(F)c1. The van der Waals surface area contributed by atoms with Crippen LogP contribution < -0.4 is 5.32 Å². The van der Waals surface area contributed by atoms with Gasteiger partial charge in [0.15, 0.2) is 17.5 Å². The van der Waals surface area contributed by atoms with Crippen molar-refractivity contribution < 1.29 is 13.2 Å². The lowest BCUT2D eigenvalue weighted by Crippen LogP contribution is -2.18. The van der Waals surface area contributed by atoms with Crippen molar-refractivity contribution in [2.75, 3.05) is 7.05 Å². The van der Waals surface area contributed by atoms with Crippen LogP contribution in [0.4, 0.5) is 13.2 Å². The topological polar surface area (TPSA) is 12.0 Å². The number of halogens is 3. The molecule has 1 atom stereocenters. The third kappa shape index (κ3) is 2.36.